The van der Waals surface area contributed by atoms with Gasteiger partial charge in [0.15, 0.2) is 6.29 Å². The maximum atomic E-state index is 11.0. The van der Waals surface area contributed by atoms with E-state index in [0.717, 1.165) is 17.1 Å². The van der Waals surface area contributed by atoms with Gasteiger partial charge in [-0.3, -0.25) is 4.79 Å². The van der Waals surface area contributed by atoms with Crippen LogP contribution in [0.1, 0.15) is 10.4 Å². The molecule has 3 aromatic carbocycles. The van der Waals surface area contributed by atoms with Crippen molar-refractivity contribution in [3.8, 4) is 5.75 Å². The van der Waals surface area contributed by atoms with Crippen molar-refractivity contribution in [2.45, 2.75) is 0 Å². The normalized spacial score (nSPS) is 10.7. The highest BCUT2D eigenvalue weighted by Gasteiger charge is 2.05. The summed E-state index contributed by atoms with van der Waals surface area (Å²) in [5.74, 6) is 0.618. The first kappa shape index (κ1) is 10.8. The summed E-state index contributed by atoms with van der Waals surface area (Å²) < 4.78 is 5.23. The number of fused-ring (bicyclic) bond motifs is 2. The van der Waals surface area contributed by atoms with Crippen LogP contribution in [-0.2, 0) is 0 Å². The molecular weight excluding hydrogens is 224 g/mol. The van der Waals surface area contributed by atoms with Crippen LogP contribution in [0.15, 0.2) is 48.5 Å². The Labute approximate surface area is 105 Å². The summed E-state index contributed by atoms with van der Waals surface area (Å²) in [6.07, 6.45) is 0.827. The second-order valence-electron chi connectivity index (χ2n) is 4.26. The van der Waals surface area contributed by atoms with Gasteiger partial charge in [-0.2, -0.15) is 0 Å². The molecule has 0 atom stereocenters. The van der Waals surface area contributed by atoms with Crippen LogP contribution < -0.4 is 4.74 Å². The van der Waals surface area contributed by atoms with Crippen molar-refractivity contribution in [3.05, 3.63) is 54.1 Å². The number of ether oxygens (including phenoxy) is 1. The zero-order valence-electron chi connectivity index (χ0n) is 10.0. The zero-order valence-corrected chi connectivity index (χ0v) is 10.0. The Hall–Kier alpha value is -2.35. The number of rotatable bonds is 2. The summed E-state index contributed by atoms with van der Waals surface area (Å²) in [5.41, 5.74) is 0.584. The van der Waals surface area contributed by atoms with Crippen LogP contribution in [0, 0.1) is 0 Å². The van der Waals surface area contributed by atoms with E-state index in [-0.39, 0.29) is 0 Å². The average molecular weight is 236 g/mol. The SMILES string of the molecule is COc1cc2cc3ccccc3cc2cc1C=O. The lowest BCUT2D eigenvalue weighted by atomic mass is 10.0. The first-order chi connectivity index (χ1) is 8.81. The number of aldehydes is 1. The number of benzene rings is 3. The smallest absolute Gasteiger partial charge is 0.153 e. The van der Waals surface area contributed by atoms with Crippen molar-refractivity contribution in [1.82, 2.24) is 0 Å². The third kappa shape index (κ3) is 1.63. The molecule has 0 unspecified atom stereocenters. The van der Waals surface area contributed by atoms with Crippen LogP contribution >= 0.6 is 0 Å². The minimum absolute atomic E-state index is 0.584. The zero-order chi connectivity index (χ0) is 12.5. The molecule has 0 aliphatic rings. The second kappa shape index (κ2) is 4.15. The van der Waals surface area contributed by atoms with Crippen molar-refractivity contribution in [1.29, 1.82) is 0 Å². The maximum Gasteiger partial charge on any atom is 0.153 e. The fourth-order valence-electron chi connectivity index (χ4n) is 2.26. The lowest BCUT2D eigenvalue weighted by Gasteiger charge is -2.07. The minimum atomic E-state index is 0.584. The third-order valence-corrected chi connectivity index (χ3v) is 3.18. The molecule has 0 aliphatic carbocycles. The predicted molar refractivity (Wildman–Crippen MR) is 73.4 cm³/mol. The topological polar surface area (TPSA) is 26.3 Å². The van der Waals surface area contributed by atoms with Gasteiger partial charge in [-0.25, -0.2) is 0 Å². The Balaban J connectivity index is 2.39. The molecule has 0 N–H and O–H groups in total. The molecule has 0 amide bonds. The highest BCUT2D eigenvalue weighted by atomic mass is 16.5. The summed E-state index contributed by atoms with van der Waals surface area (Å²) >= 11 is 0. The minimum Gasteiger partial charge on any atom is -0.496 e. The third-order valence-electron chi connectivity index (χ3n) is 3.18. The van der Waals surface area contributed by atoms with Gasteiger partial charge < -0.3 is 4.74 Å². The van der Waals surface area contributed by atoms with Gasteiger partial charge in [0, 0.05) is 0 Å². The average Bonchev–Trinajstić information content (AvgIpc) is 2.43. The fraction of sp³-hybridized carbons (Fsp3) is 0.0625. The molecule has 0 saturated heterocycles. The lowest BCUT2D eigenvalue weighted by Crippen LogP contribution is -1.90. The molecule has 0 aromatic heterocycles. The van der Waals surface area contributed by atoms with Crippen molar-refractivity contribution < 1.29 is 9.53 Å². The van der Waals surface area contributed by atoms with E-state index in [1.807, 2.05) is 24.3 Å². The highest BCUT2D eigenvalue weighted by Crippen LogP contribution is 2.28. The Bertz CT molecular complexity index is 745. The van der Waals surface area contributed by atoms with Crippen LogP contribution in [0.3, 0.4) is 0 Å². The van der Waals surface area contributed by atoms with E-state index in [4.69, 9.17) is 4.74 Å². The van der Waals surface area contributed by atoms with E-state index in [9.17, 15) is 4.79 Å². The molecule has 0 aliphatic heterocycles. The first-order valence-corrected chi connectivity index (χ1v) is 5.77. The van der Waals surface area contributed by atoms with Crippen LogP contribution in [0.2, 0.25) is 0 Å². The van der Waals surface area contributed by atoms with Gasteiger partial charge in [-0.1, -0.05) is 24.3 Å². The molecular formula is C16H12O2. The van der Waals surface area contributed by atoms with Gasteiger partial charge in [-0.05, 0) is 45.8 Å². The molecule has 3 rings (SSSR count). The summed E-state index contributed by atoms with van der Waals surface area (Å²) in [6, 6.07) is 16.2. The predicted octanol–water partition coefficient (Wildman–Crippen LogP) is 3.81. The summed E-state index contributed by atoms with van der Waals surface area (Å²) in [6.45, 7) is 0. The van der Waals surface area contributed by atoms with E-state index in [1.54, 1.807) is 7.11 Å². The van der Waals surface area contributed by atoms with Crippen LogP contribution in [0.25, 0.3) is 21.5 Å². The number of carbonyl (C=O) groups is 1. The molecule has 0 radical (unpaired) electrons. The van der Waals surface area contributed by atoms with E-state index < -0.39 is 0 Å². The molecule has 0 bridgehead atoms. The highest BCUT2D eigenvalue weighted by molar-refractivity contribution is 6.01. The molecule has 88 valence electrons. The standard InChI is InChI=1S/C16H12O2/c1-18-16-9-14-7-12-5-3-2-4-11(12)6-13(14)8-15(16)10-17/h2-10H,1H3. The Morgan fingerprint density at radius 2 is 1.50 bits per heavy atom. The van der Waals surface area contributed by atoms with E-state index in [1.165, 1.54) is 10.8 Å². The molecule has 2 nitrogen and oxygen atoms in total. The molecule has 0 spiro atoms. The largest absolute Gasteiger partial charge is 0.496 e. The van der Waals surface area contributed by atoms with Crippen molar-refractivity contribution >= 4 is 27.8 Å². The summed E-state index contributed by atoms with van der Waals surface area (Å²) in [4.78, 5) is 11.0. The molecule has 18 heavy (non-hydrogen) atoms. The van der Waals surface area contributed by atoms with E-state index in [2.05, 4.69) is 24.3 Å². The molecule has 0 heterocycles. The quantitative estimate of drug-likeness (QED) is 0.499. The van der Waals surface area contributed by atoms with E-state index >= 15 is 0 Å². The summed E-state index contributed by atoms with van der Waals surface area (Å²) in [5, 5.41) is 4.49. The second-order valence-corrected chi connectivity index (χ2v) is 4.26. The van der Waals surface area contributed by atoms with Crippen molar-refractivity contribution in [3.63, 3.8) is 0 Å². The van der Waals surface area contributed by atoms with Crippen LogP contribution in [-0.4, -0.2) is 13.4 Å². The number of hydrogen-bond donors (Lipinski definition) is 0. The first-order valence-electron chi connectivity index (χ1n) is 5.77. The van der Waals surface area contributed by atoms with Gasteiger partial charge in [-0.15, -0.1) is 0 Å². The van der Waals surface area contributed by atoms with E-state index in [0.29, 0.717) is 11.3 Å². The van der Waals surface area contributed by atoms with Crippen molar-refractivity contribution in [2.24, 2.45) is 0 Å². The Kier molecular flexibility index (Phi) is 2.49. The van der Waals surface area contributed by atoms with Gasteiger partial charge in [0.1, 0.15) is 5.75 Å². The monoisotopic (exact) mass is 236 g/mol. The lowest BCUT2D eigenvalue weighted by molar-refractivity contribution is 0.112. The van der Waals surface area contributed by atoms with Gasteiger partial charge in [0.2, 0.25) is 0 Å². The Morgan fingerprint density at radius 1 is 0.889 bits per heavy atom. The maximum absolute atomic E-state index is 11.0. The number of hydrogen-bond acceptors (Lipinski definition) is 2. The molecule has 3 aromatic rings. The van der Waals surface area contributed by atoms with Crippen LogP contribution in [0.4, 0.5) is 0 Å². The number of carbonyl (C=O) groups excluding carboxylic acids is 1. The van der Waals surface area contributed by atoms with Crippen molar-refractivity contribution in [2.75, 3.05) is 7.11 Å². The molecule has 0 saturated carbocycles. The fourth-order valence-corrected chi connectivity index (χ4v) is 2.26. The van der Waals surface area contributed by atoms with Gasteiger partial charge in [0.25, 0.3) is 0 Å². The Morgan fingerprint density at radius 3 is 2.06 bits per heavy atom. The van der Waals surface area contributed by atoms with Crippen LogP contribution in [0.5, 0.6) is 5.75 Å². The van der Waals surface area contributed by atoms with Gasteiger partial charge >= 0.3 is 0 Å². The summed E-state index contributed by atoms with van der Waals surface area (Å²) in [7, 11) is 1.58. The molecule has 2 heteroatoms. The number of methoxy groups -OCH3 is 1. The molecule has 0 fully saturated rings. The van der Waals surface area contributed by atoms with Gasteiger partial charge in [0.05, 0.1) is 12.7 Å².